The molecule has 0 radical (unpaired) electrons. The molecule has 1 aromatic heterocycles. The Labute approximate surface area is 128 Å². The Balaban J connectivity index is 1.59. The van der Waals surface area contributed by atoms with Gasteiger partial charge in [0.15, 0.2) is 5.76 Å². The zero-order chi connectivity index (χ0) is 14.7. The lowest BCUT2D eigenvalue weighted by Gasteiger charge is -2.12. The summed E-state index contributed by atoms with van der Waals surface area (Å²) in [4.78, 5) is 14.0. The topological polar surface area (TPSA) is 42.7 Å². The Kier molecular flexibility index (Phi) is 4.15. The third kappa shape index (κ3) is 3.39. The second-order valence-electron chi connectivity index (χ2n) is 5.01. The number of benzene rings is 1. The minimum absolute atomic E-state index is 0.0368. The summed E-state index contributed by atoms with van der Waals surface area (Å²) in [5.74, 6) is 1.69. The van der Waals surface area contributed by atoms with Gasteiger partial charge in [-0.25, -0.2) is 0 Å². The number of hydrogen-bond acceptors (Lipinski definition) is 3. The van der Waals surface area contributed by atoms with Crippen molar-refractivity contribution < 1.29 is 13.9 Å². The summed E-state index contributed by atoms with van der Waals surface area (Å²) in [5, 5.41) is 0.666. The molecule has 4 nitrogen and oxygen atoms in total. The van der Waals surface area contributed by atoms with E-state index in [1.807, 2.05) is 4.90 Å². The molecule has 0 atom stereocenters. The number of hydrogen-bond donors (Lipinski definition) is 0. The molecule has 2 heterocycles. The molecule has 0 saturated carbocycles. The monoisotopic (exact) mass is 305 g/mol. The Morgan fingerprint density at radius 1 is 1.14 bits per heavy atom. The largest absolute Gasteiger partial charge is 0.486 e. The predicted octanol–water partition coefficient (Wildman–Crippen LogP) is 3.75. The highest BCUT2D eigenvalue weighted by molar-refractivity contribution is 6.30. The molecule has 1 aliphatic rings. The maximum atomic E-state index is 12.1. The first kappa shape index (κ1) is 14.0. The van der Waals surface area contributed by atoms with Crippen molar-refractivity contribution in [3.63, 3.8) is 0 Å². The second-order valence-corrected chi connectivity index (χ2v) is 5.44. The molecule has 3 rings (SSSR count). The number of furan rings is 1. The van der Waals surface area contributed by atoms with Crippen molar-refractivity contribution in [2.45, 2.75) is 19.4 Å². The highest BCUT2D eigenvalue weighted by Gasteiger charge is 2.22. The molecule has 1 aromatic carbocycles. The van der Waals surface area contributed by atoms with Crippen LogP contribution in [0.1, 0.15) is 29.2 Å². The van der Waals surface area contributed by atoms with Crippen molar-refractivity contribution in [3.8, 4) is 5.75 Å². The number of ether oxygens (including phenoxy) is 1. The van der Waals surface area contributed by atoms with E-state index >= 15 is 0 Å². The van der Waals surface area contributed by atoms with E-state index in [0.29, 0.717) is 22.3 Å². The van der Waals surface area contributed by atoms with Crippen molar-refractivity contribution in [3.05, 3.63) is 52.9 Å². The van der Waals surface area contributed by atoms with Gasteiger partial charge in [0.2, 0.25) is 0 Å². The number of amides is 1. The van der Waals surface area contributed by atoms with Crippen LogP contribution in [-0.4, -0.2) is 23.9 Å². The van der Waals surface area contributed by atoms with Crippen molar-refractivity contribution in [2.24, 2.45) is 0 Å². The molecule has 5 heteroatoms. The Hall–Kier alpha value is -1.94. The first-order valence-electron chi connectivity index (χ1n) is 6.99. The highest BCUT2D eigenvalue weighted by Crippen LogP contribution is 2.19. The van der Waals surface area contributed by atoms with E-state index in [1.165, 1.54) is 0 Å². The van der Waals surface area contributed by atoms with Gasteiger partial charge in [-0.15, -0.1) is 0 Å². The molecule has 0 aliphatic carbocycles. The van der Waals surface area contributed by atoms with Gasteiger partial charge < -0.3 is 14.1 Å². The predicted molar refractivity (Wildman–Crippen MR) is 79.6 cm³/mol. The highest BCUT2D eigenvalue weighted by atomic mass is 35.5. The number of carbonyl (C=O) groups is 1. The first-order chi connectivity index (χ1) is 10.2. The van der Waals surface area contributed by atoms with Crippen LogP contribution in [0.5, 0.6) is 5.75 Å². The van der Waals surface area contributed by atoms with Crippen LogP contribution in [0.3, 0.4) is 0 Å². The molecular weight excluding hydrogens is 290 g/mol. The molecule has 1 saturated heterocycles. The second kappa shape index (κ2) is 6.22. The van der Waals surface area contributed by atoms with Crippen molar-refractivity contribution in [2.75, 3.05) is 13.1 Å². The van der Waals surface area contributed by atoms with Gasteiger partial charge in [0.1, 0.15) is 18.1 Å². The lowest BCUT2D eigenvalue weighted by Crippen LogP contribution is -2.27. The fraction of sp³-hybridized carbons (Fsp3) is 0.312. The molecule has 1 amide bonds. The zero-order valence-electron chi connectivity index (χ0n) is 11.5. The van der Waals surface area contributed by atoms with E-state index in [9.17, 15) is 4.79 Å². The summed E-state index contributed by atoms with van der Waals surface area (Å²) in [5.41, 5.74) is 0. The van der Waals surface area contributed by atoms with E-state index in [1.54, 1.807) is 36.4 Å². The van der Waals surface area contributed by atoms with Crippen molar-refractivity contribution >= 4 is 17.5 Å². The summed E-state index contributed by atoms with van der Waals surface area (Å²) in [6.07, 6.45) is 2.14. The van der Waals surface area contributed by atoms with Gasteiger partial charge in [-0.05, 0) is 49.2 Å². The molecule has 0 spiro atoms. The van der Waals surface area contributed by atoms with E-state index < -0.39 is 0 Å². The summed E-state index contributed by atoms with van der Waals surface area (Å²) >= 11 is 5.81. The van der Waals surface area contributed by atoms with Crippen molar-refractivity contribution in [1.82, 2.24) is 4.90 Å². The third-order valence-electron chi connectivity index (χ3n) is 3.46. The third-order valence-corrected chi connectivity index (χ3v) is 3.71. The molecule has 1 fully saturated rings. The summed E-state index contributed by atoms with van der Waals surface area (Å²) < 4.78 is 11.1. The first-order valence-corrected chi connectivity index (χ1v) is 7.36. The van der Waals surface area contributed by atoms with E-state index in [4.69, 9.17) is 20.8 Å². The van der Waals surface area contributed by atoms with E-state index in [0.717, 1.165) is 25.9 Å². The molecule has 21 heavy (non-hydrogen) atoms. The van der Waals surface area contributed by atoms with Gasteiger partial charge in [0, 0.05) is 18.1 Å². The fourth-order valence-electron chi connectivity index (χ4n) is 2.33. The van der Waals surface area contributed by atoms with E-state index in [2.05, 4.69) is 0 Å². The van der Waals surface area contributed by atoms with Gasteiger partial charge in [-0.2, -0.15) is 0 Å². The SMILES string of the molecule is O=C(c1ccc(COc2ccc(Cl)cc2)o1)N1CCCC1. The van der Waals surface area contributed by atoms with Crippen LogP contribution in [-0.2, 0) is 6.61 Å². The Morgan fingerprint density at radius 3 is 2.57 bits per heavy atom. The molecule has 0 bridgehead atoms. The summed E-state index contributed by atoms with van der Waals surface area (Å²) in [6.45, 7) is 1.92. The average molecular weight is 306 g/mol. The molecule has 110 valence electrons. The number of rotatable bonds is 4. The number of halogens is 1. The van der Waals surface area contributed by atoms with Crippen LogP contribution in [0.25, 0.3) is 0 Å². The number of nitrogens with zero attached hydrogens (tertiary/aromatic N) is 1. The maximum Gasteiger partial charge on any atom is 0.289 e. The van der Waals surface area contributed by atoms with Crippen LogP contribution in [0, 0.1) is 0 Å². The van der Waals surface area contributed by atoms with Crippen LogP contribution < -0.4 is 4.74 Å². The fourth-order valence-corrected chi connectivity index (χ4v) is 2.46. The molecule has 0 N–H and O–H groups in total. The van der Waals surface area contributed by atoms with Gasteiger partial charge >= 0.3 is 0 Å². The van der Waals surface area contributed by atoms with Gasteiger partial charge in [-0.1, -0.05) is 11.6 Å². The number of likely N-dealkylation sites (tertiary alicyclic amines) is 1. The quantitative estimate of drug-likeness (QED) is 0.864. The summed E-state index contributed by atoms with van der Waals surface area (Å²) in [7, 11) is 0. The molecule has 1 aliphatic heterocycles. The van der Waals surface area contributed by atoms with Crippen LogP contribution >= 0.6 is 11.6 Å². The maximum absolute atomic E-state index is 12.1. The lowest BCUT2D eigenvalue weighted by molar-refractivity contribution is 0.0757. The minimum Gasteiger partial charge on any atom is -0.486 e. The van der Waals surface area contributed by atoms with Gasteiger partial charge in [0.25, 0.3) is 5.91 Å². The van der Waals surface area contributed by atoms with Crippen LogP contribution in [0.4, 0.5) is 0 Å². The van der Waals surface area contributed by atoms with E-state index in [-0.39, 0.29) is 12.5 Å². The zero-order valence-corrected chi connectivity index (χ0v) is 12.3. The molecule has 2 aromatic rings. The van der Waals surface area contributed by atoms with Crippen LogP contribution in [0.15, 0.2) is 40.8 Å². The van der Waals surface area contributed by atoms with Crippen LogP contribution in [0.2, 0.25) is 5.02 Å². The van der Waals surface area contributed by atoms with Gasteiger partial charge in [-0.3, -0.25) is 4.79 Å². The normalized spacial score (nSPS) is 14.4. The average Bonchev–Trinajstić information content (AvgIpc) is 3.18. The van der Waals surface area contributed by atoms with Crippen molar-refractivity contribution in [1.29, 1.82) is 0 Å². The summed E-state index contributed by atoms with van der Waals surface area (Å²) in [6, 6.07) is 10.6. The smallest absolute Gasteiger partial charge is 0.289 e. The Morgan fingerprint density at radius 2 is 1.86 bits per heavy atom. The standard InChI is InChI=1S/C16H16ClNO3/c17-12-3-5-13(6-4-12)20-11-14-7-8-15(21-14)16(19)18-9-1-2-10-18/h3-8H,1-2,9-11H2. The molecular formula is C16H16ClNO3. The molecule has 0 unspecified atom stereocenters. The lowest BCUT2D eigenvalue weighted by atomic mass is 10.3. The minimum atomic E-state index is -0.0368. The Bertz CT molecular complexity index is 615. The number of carbonyl (C=O) groups excluding carboxylic acids is 1. The van der Waals surface area contributed by atoms with Gasteiger partial charge in [0.05, 0.1) is 0 Å².